The predicted molar refractivity (Wildman–Crippen MR) is 152 cm³/mol. The Morgan fingerprint density at radius 1 is 0.949 bits per heavy atom. The van der Waals surface area contributed by atoms with E-state index < -0.39 is 40.2 Å². The van der Waals surface area contributed by atoms with E-state index in [1.165, 1.54) is 41.3 Å². The van der Waals surface area contributed by atoms with E-state index in [-0.39, 0.29) is 23.2 Å². The van der Waals surface area contributed by atoms with Crippen molar-refractivity contribution in [2.75, 3.05) is 10.8 Å². The minimum atomic E-state index is -4.21. The number of nitrogens with one attached hydrogen (secondary N) is 1. The van der Waals surface area contributed by atoms with E-state index in [1.54, 1.807) is 58.0 Å². The van der Waals surface area contributed by atoms with Gasteiger partial charge in [-0.15, -0.1) is 0 Å². The van der Waals surface area contributed by atoms with Crippen LogP contribution in [0.1, 0.15) is 37.5 Å². The molecule has 0 bridgehead atoms. The summed E-state index contributed by atoms with van der Waals surface area (Å²) in [4.78, 5) is 28.1. The lowest BCUT2D eigenvalue weighted by molar-refractivity contribution is -0.139. The molecule has 0 aromatic heterocycles. The van der Waals surface area contributed by atoms with Crippen LogP contribution in [0.3, 0.4) is 0 Å². The first-order chi connectivity index (χ1) is 18.3. The number of anilines is 1. The maximum absolute atomic E-state index is 13.9. The second-order valence-electron chi connectivity index (χ2n) is 9.70. The van der Waals surface area contributed by atoms with Crippen LogP contribution in [-0.2, 0) is 26.2 Å². The molecular weight excluding hydrogens is 541 g/mol. The van der Waals surface area contributed by atoms with Crippen molar-refractivity contribution in [1.29, 1.82) is 0 Å². The number of carbonyl (C=O) groups is 2. The molecule has 3 rings (SSSR count). The summed E-state index contributed by atoms with van der Waals surface area (Å²) in [6, 6.07) is 15.6. The Labute approximate surface area is 234 Å². The number of halogens is 2. The normalized spacial score (nSPS) is 12.2. The first kappa shape index (κ1) is 30.1. The molecule has 0 heterocycles. The molecule has 7 nitrogen and oxygen atoms in total. The largest absolute Gasteiger partial charge is 0.352 e. The number of rotatable bonds is 10. The summed E-state index contributed by atoms with van der Waals surface area (Å²) in [7, 11) is -4.21. The Morgan fingerprint density at radius 3 is 2.15 bits per heavy atom. The molecule has 0 spiro atoms. The van der Waals surface area contributed by atoms with E-state index in [9.17, 15) is 22.4 Å². The van der Waals surface area contributed by atoms with E-state index in [4.69, 9.17) is 11.6 Å². The van der Waals surface area contributed by atoms with Crippen LogP contribution in [0, 0.1) is 19.7 Å². The van der Waals surface area contributed by atoms with Gasteiger partial charge in [-0.05, 0) is 82.1 Å². The average molecular weight is 574 g/mol. The van der Waals surface area contributed by atoms with Crippen molar-refractivity contribution in [1.82, 2.24) is 10.2 Å². The van der Waals surface area contributed by atoms with Crippen LogP contribution in [0.25, 0.3) is 0 Å². The number of benzene rings is 3. The van der Waals surface area contributed by atoms with Gasteiger partial charge in [0.25, 0.3) is 10.0 Å². The van der Waals surface area contributed by atoms with Crippen LogP contribution >= 0.6 is 11.6 Å². The lowest BCUT2D eigenvalue weighted by atomic mass is 10.1. The smallest absolute Gasteiger partial charge is 0.264 e. The number of sulfonamides is 1. The molecule has 0 aliphatic carbocycles. The first-order valence-electron chi connectivity index (χ1n) is 12.5. The number of hydrogen-bond acceptors (Lipinski definition) is 4. The third-order valence-electron chi connectivity index (χ3n) is 6.26. The number of amides is 2. The van der Waals surface area contributed by atoms with Crippen LogP contribution in [0.4, 0.5) is 10.1 Å². The molecule has 3 aromatic rings. The number of carbonyl (C=O) groups excluding carboxylic acids is 2. The van der Waals surface area contributed by atoms with Gasteiger partial charge in [-0.1, -0.05) is 47.5 Å². The minimum absolute atomic E-state index is 0.0101. The fraction of sp³-hybridized carbons (Fsp3) is 0.310. The molecule has 1 N–H and O–H groups in total. The summed E-state index contributed by atoms with van der Waals surface area (Å²) in [5.74, 6) is -1.44. The summed E-state index contributed by atoms with van der Waals surface area (Å²) in [5.41, 5.74) is 2.20. The quantitative estimate of drug-likeness (QED) is 0.360. The second-order valence-corrected chi connectivity index (χ2v) is 12.0. The zero-order valence-corrected chi connectivity index (χ0v) is 24.2. The topological polar surface area (TPSA) is 86.8 Å². The van der Waals surface area contributed by atoms with Gasteiger partial charge in [-0.25, -0.2) is 12.8 Å². The van der Waals surface area contributed by atoms with Gasteiger partial charge < -0.3 is 10.2 Å². The van der Waals surface area contributed by atoms with Gasteiger partial charge in [0.1, 0.15) is 18.4 Å². The summed E-state index contributed by atoms with van der Waals surface area (Å²) in [6.45, 7) is 8.08. The highest BCUT2D eigenvalue weighted by atomic mass is 35.5. The van der Waals surface area contributed by atoms with Crippen molar-refractivity contribution in [2.24, 2.45) is 0 Å². The van der Waals surface area contributed by atoms with Crippen LogP contribution in [0.15, 0.2) is 71.6 Å². The molecule has 0 saturated heterocycles. The fourth-order valence-corrected chi connectivity index (χ4v) is 5.63. The third kappa shape index (κ3) is 7.36. The van der Waals surface area contributed by atoms with Crippen molar-refractivity contribution in [3.8, 4) is 0 Å². The van der Waals surface area contributed by atoms with Gasteiger partial charge in [0.2, 0.25) is 11.8 Å². The average Bonchev–Trinajstić information content (AvgIpc) is 2.88. The second kappa shape index (κ2) is 12.6. The van der Waals surface area contributed by atoms with Crippen molar-refractivity contribution >= 4 is 39.1 Å². The third-order valence-corrected chi connectivity index (χ3v) is 8.44. The standard InChI is InChI=1S/C29H33ClFN3O4S/c1-19(2)32-29(36)22(5)33(17-23-11-13-24(31)14-12-23)28(35)18-34(27-8-6-7-26(30)21(27)4)39(37,38)25-15-9-20(3)10-16-25/h6-16,19,22H,17-18H2,1-5H3,(H,32,36)/t22-/m0/s1. The summed E-state index contributed by atoms with van der Waals surface area (Å²) in [5, 5.41) is 3.14. The molecular formula is C29H33ClFN3O4S. The van der Waals surface area contributed by atoms with E-state index in [0.29, 0.717) is 16.1 Å². The molecule has 0 saturated carbocycles. The van der Waals surface area contributed by atoms with Gasteiger partial charge in [-0.2, -0.15) is 0 Å². The Hall–Kier alpha value is -3.43. The molecule has 0 aliphatic heterocycles. The summed E-state index contributed by atoms with van der Waals surface area (Å²) < 4.78 is 42.4. The monoisotopic (exact) mass is 573 g/mol. The van der Waals surface area contributed by atoms with Gasteiger partial charge >= 0.3 is 0 Å². The van der Waals surface area contributed by atoms with Crippen molar-refractivity contribution in [2.45, 2.75) is 58.1 Å². The van der Waals surface area contributed by atoms with Gasteiger partial charge in [-0.3, -0.25) is 13.9 Å². The Balaban J connectivity index is 2.07. The van der Waals surface area contributed by atoms with E-state index >= 15 is 0 Å². The lowest BCUT2D eigenvalue weighted by Crippen LogP contribution is -2.52. The number of hydrogen-bond donors (Lipinski definition) is 1. The molecule has 0 aliphatic rings. The SMILES string of the molecule is Cc1ccc(S(=O)(=O)N(CC(=O)N(Cc2ccc(F)cc2)[C@@H](C)C(=O)NC(C)C)c2cccc(Cl)c2C)cc1. The number of nitrogens with zero attached hydrogens (tertiary/aromatic N) is 2. The Kier molecular flexibility index (Phi) is 9.74. The molecule has 1 atom stereocenters. The van der Waals surface area contributed by atoms with E-state index in [1.807, 2.05) is 6.92 Å². The van der Waals surface area contributed by atoms with E-state index in [2.05, 4.69) is 5.32 Å². The maximum atomic E-state index is 13.9. The summed E-state index contributed by atoms with van der Waals surface area (Å²) in [6.07, 6.45) is 0. The summed E-state index contributed by atoms with van der Waals surface area (Å²) >= 11 is 6.33. The van der Waals surface area contributed by atoms with Crippen molar-refractivity contribution in [3.05, 3.63) is 94.3 Å². The maximum Gasteiger partial charge on any atom is 0.264 e. The molecule has 0 unspecified atom stereocenters. The van der Waals surface area contributed by atoms with Gasteiger partial charge in [0, 0.05) is 17.6 Å². The van der Waals surface area contributed by atoms with Gasteiger partial charge in [0.05, 0.1) is 10.6 Å². The molecule has 0 radical (unpaired) electrons. The zero-order chi connectivity index (χ0) is 28.9. The van der Waals surface area contributed by atoms with Crippen LogP contribution in [0.2, 0.25) is 5.02 Å². The van der Waals surface area contributed by atoms with Crippen molar-refractivity contribution < 1.29 is 22.4 Å². The highest BCUT2D eigenvalue weighted by Gasteiger charge is 2.33. The van der Waals surface area contributed by atoms with E-state index in [0.717, 1.165) is 9.87 Å². The molecule has 0 fully saturated rings. The molecule has 10 heteroatoms. The lowest BCUT2D eigenvalue weighted by Gasteiger charge is -2.32. The highest BCUT2D eigenvalue weighted by Crippen LogP contribution is 2.31. The molecule has 208 valence electrons. The van der Waals surface area contributed by atoms with Gasteiger partial charge in [0.15, 0.2) is 0 Å². The number of aryl methyl sites for hydroxylation is 1. The Bertz CT molecular complexity index is 1430. The predicted octanol–water partition coefficient (Wildman–Crippen LogP) is 5.23. The van der Waals surface area contributed by atoms with Crippen LogP contribution in [0.5, 0.6) is 0 Å². The van der Waals surface area contributed by atoms with Crippen LogP contribution in [-0.4, -0.2) is 43.8 Å². The molecule has 3 aromatic carbocycles. The Morgan fingerprint density at radius 2 is 1.56 bits per heavy atom. The van der Waals surface area contributed by atoms with Crippen LogP contribution < -0.4 is 9.62 Å². The minimum Gasteiger partial charge on any atom is -0.352 e. The zero-order valence-electron chi connectivity index (χ0n) is 22.6. The highest BCUT2D eigenvalue weighted by molar-refractivity contribution is 7.92. The fourth-order valence-electron chi connectivity index (χ4n) is 3.99. The molecule has 2 amide bonds. The van der Waals surface area contributed by atoms with Crippen molar-refractivity contribution in [3.63, 3.8) is 0 Å². The first-order valence-corrected chi connectivity index (χ1v) is 14.3. The molecule has 39 heavy (non-hydrogen) atoms.